The van der Waals surface area contributed by atoms with Crippen LogP contribution in [-0.2, 0) is 6.54 Å². The van der Waals surface area contributed by atoms with E-state index in [-0.39, 0.29) is 11.9 Å². The van der Waals surface area contributed by atoms with Gasteiger partial charge < -0.3 is 29.6 Å². The van der Waals surface area contributed by atoms with Crippen molar-refractivity contribution in [1.82, 2.24) is 10.6 Å². The Labute approximate surface area is 188 Å². The molecule has 7 nitrogen and oxygen atoms in total. The number of hydrogen-bond acceptors (Lipinski definition) is 5. The van der Waals surface area contributed by atoms with E-state index in [0.29, 0.717) is 48.0 Å². The second-order valence-corrected chi connectivity index (χ2v) is 7.76. The minimum absolute atomic E-state index is 0.166. The van der Waals surface area contributed by atoms with Crippen LogP contribution in [0.25, 0.3) is 0 Å². The van der Waals surface area contributed by atoms with Gasteiger partial charge in [-0.3, -0.25) is 4.99 Å². The standard InChI is InChI=1S/C24H32FN3O4/c1-15(17-8-9-20(19(25)10-17)32-14-16-6-7-16)28-24(26-2)27-13-18-11-22(30-4)23(31-5)12-21(18)29-3/h8-12,15-16H,6-7,13-14H2,1-5H3,(H2,26,27,28). The van der Waals surface area contributed by atoms with Gasteiger partial charge in [0.05, 0.1) is 34.0 Å². The molecule has 0 bridgehead atoms. The summed E-state index contributed by atoms with van der Waals surface area (Å²) in [6.07, 6.45) is 2.34. The van der Waals surface area contributed by atoms with E-state index < -0.39 is 0 Å². The molecule has 0 spiro atoms. The van der Waals surface area contributed by atoms with Gasteiger partial charge in [-0.25, -0.2) is 4.39 Å². The molecule has 3 rings (SSSR count). The minimum Gasteiger partial charge on any atom is -0.496 e. The first kappa shape index (κ1) is 23.5. The zero-order valence-electron chi connectivity index (χ0n) is 19.3. The van der Waals surface area contributed by atoms with Crippen LogP contribution in [0.5, 0.6) is 23.0 Å². The van der Waals surface area contributed by atoms with Crippen LogP contribution in [0.2, 0.25) is 0 Å². The van der Waals surface area contributed by atoms with Gasteiger partial charge in [0.1, 0.15) is 5.75 Å². The van der Waals surface area contributed by atoms with Gasteiger partial charge in [0.15, 0.2) is 29.0 Å². The van der Waals surface area contributed by atoms with Gasteiger partial charge in [-0.05, 0) is 49.4 Å². The molecule has 0 aliphatic heterocycles. The maximum absolute atomic E-state index is 14.5. The van der Waals surface area contributed by atoms with Crippen LogP contribution in [0.3, 0.4) is 0 Å². The predicted molar refractivity (Wildman–Crippen MR) is 122 cm³/mol. The molecule has 0 saturated heterocycles. The molecule has 174 valence electrons. The van der Waals surface area contributed by atoms with Crippen molar-refractivity contribution in [2.75, 3.05) is 35.0 Å². The Morgan fingerprint density at radius 2 is 1.72 bits per heavy atom. The van der Waals surface area contributed by atoms with Gasteiger partial charge in [-0.15, -0.1) is 0 Å². The first-order valence-corrected chi connectivity index (χ1v) is 10.7. The van der Waals surface area contributed by atoms with E-state index in [9.17, 15) is 4.39 Å². The highest BCUT2D eigenvalue weighted by Gasteiger charge is 2.22. The lowest BCUT2D eigenvalue weighted by molar-refractivity contribution is 0.285. The third-order valence-corrected chi connectivity index (χ3v) is 5.44. The van der Waals surface area contributed by atoms with E-state index in [4.69, 9.17) is 18.9 Å². The number of methoxy groups -OCH3 is 3. The van der Waals surface area contributed by atoms with Crippen LogP contribution < -0.4 is 29.6 Å². The SMILES string of the molecule is CN=C(NCc1cc(OC)c(OC)cc1OC)NC(C)c1ccc(OCC2CC2)c(F)c1. The van der Waals surface area contributed by atoms with E-state index in [1.165, 1.54) is 18.9 Å². The average molecular weight is 446 g/mol. The molecule has 32 heavy (non-hydrogen) atoms. The van der Waals surface area contributed by atoms with Gasteiger partial charge in [0.2, 0.25) is 0 Å². The zero-order valence-corrected chi connectivity index (χ0v) is 19.3. The number of nitrogens with zero attached hydrogens (tertiary/aromatic N) is 1. The number of ether oxygens (including phenoxy) is 4. The molecular weight excluding hydrogens is 413 g/mol. The van der Waals surface area contributed by atoms with Crippen molar-refractivity contribution < 1.29 is 23.3 Å². The van der Waals surface area contributed by atoms with Crippen LogP contribution in [0, 0.1) is 11.7 Å². The highest BCUT2D eigenvalue weighted by molar-refractivity contribution is 5.80. The fourth-order valence-corrected chi connectivity index (χ4v) is 3.29. The summed E-state index contributed by atoms with van der Waals surface area (Å²) in [5.41, 5.74) is 1.68. The van der Waals surface area contributed by atoms with Crippen molar-refractivity contribution in [3.8, 4) is 23.0 Å². The van der Waals surface area contributed by atoms with Gasteiger partial charge in [-0.2, -0.15) is 0 Å². The molecule has 8 heteroatoms. The smallest absolute Gasteiger partial charge is 0.191 e. The number of halogens is 1. The third kappa shape index (κ3) is 5.96. The first-order chi connectivity index (χ1) is 15.5. The molecule has 0 heterocycles. The summed E-state index contributed by atoms with van der Waals surface area (Å²) in [5.74, 6) is 2.97. The molecule has 0 amide bonds. The van der Waals surface area contributed by atoms with Crippen molar-refractivity contribution in [1.29, 1.82) is 0 Å². The topological polar surface area (TPSA) is 73.3 Å². The van der Waals surface area contributed by atoms with Crippen LogP contribution in [-0.4, -0.2) is 40.9 Å². The molecule has 1 aliphatic carbocycles. The number of rotatable bonds is 10. The molecule has 1 fully saturated rings. The molecular formula is C24H32FN3O4. The maximum Gasteiger partial charge on any atom is 0.191 e. The maximum atomic E-state index is 14.5. The molecule has 2 aromatic carbocycles. The average Bonchev–Trinajstić information content (AvgIpc) is 3.64. The zero-order chi connectivity index (χ0) is 23.1. The van der Waals surface area contributed by atoms with Crippen molar-refractivity contribution in [2.24, 2.45) is 10.9 Å². The predicted octanol–water partition coefficient (Wildman–Crippen LogP) is 4.07. The van der Waals surface area contributed by atoms with Gasteiger partial charge in [-0.1, -0.05) is 6.07 Å². The first-order valence-electron chi connectivity index (χ1n) is 10.7. The Hall–Kier alpha value is -3.16. The molecule has 2 aromatic rings. The number of guanidine groups is 1. The van der Waals surface area contributed by atoms with E-state index in [1.54, 1.807) is 40.5 Å². The van der Waals surface area contributed by atoms with Crippen molar-refractivity contribution in [2.45, 2.75) is 32.4 Å². The van der Waals surface area contributed by atoms with Crippen LogP contribution >= 0.6 is 0 Å². The Kier molecular flexibility index (Phi) is 8.03. The highest BCUT2D eigenvalue weighted by atomic mass is 19.1. The molecule has 0 aromatic heterocycles. The molecule has 1 atom stereocenters. The largest absolute Gasteiger partial charge is 0.496 e. The second-order valence-electron chi connectivity index (χ2n) is 7.76. The number of hydrogen-bond donors (Lipinski definition) is 2. The van der Waals surface area contributed by atoms with E-state index in [0.717, 1.165) is 11.1 Å². The second kappa shape index (κ2) is 10.9. The van der Waals surface area contributed by atoms with Crippen molar-refractivity contribution in [3.63, 3.8) is 0 Å². The van der Waals surface area contributed by atoms with Crippen LogP contribution in [0.1, 0.15) is 36.9 Å². The third-order valence-electron chi connectivity index (χ3n) is 5.44. The summed E-state index contributed by atoms with van der Waals surface area (Å²) in [4.78, 5) is 4.28. The molecule has 1 aliphatic rings. The monoisotopic (exact) mass is 445 g/mol. The Morgan fingerprint density at radius 3 is 2.31 bits per heavy atom. The van der Waals surface area contributed by atoms with Crippen LogP contribution in [0.4, 0.5) is 4.39 Å². The van der Waals surface area contributed by atoms with Gasteiger partial charge >= 0.3 is 0 Å². The quantitative estimate of drug-likeness (QED) is 0.424. The highest BCUT2D eigenvalue weighted by Crippen LogP contribution is 2.34. The lowest BCUT2D eigenvalue weighted by atomic mass is 10.1. The normalized spacial score (nSPS) is 14.5. The number of nitrogens with one attached hydrogen (secondary N) is 2. The molecule has 0 radical (unpaired) electrons. The van der Waals surface area contributed by atoms with E-state index in [2.05, 4.69) is 15.6 Å². The minimum atomic E-state index is -0.352. The van der Waals surface area contributed by atoms with Crippen molar-refractivity contribution >= 4 is 5.96 Å². The molecule has 1 unspecified atom stereocenters. The number of aliphatic imine (C=N–C) groups is 1. The fraction of sp³-hybridized carbons (Fsp3) is 0.458. The lowest BCUT2D eigenvalue weighted by Crippen LogP contribution is -2.38. The fourth-order valence-electron chi connectivity index (χ4n) is 3.29. The van der Waals surface area contributed by atoms with Crippen molar-refractivity contribution in [3.05, 3.63) is 47.3 Å². The van der Waals surface area contributed by atoms with Gasteiger partial charge in [0, 0.05) is 25.2 Å². The van der Waals surface area contributed by atoms with Crippen LogP contribution in [0.15, 0.2) is 35.3 Å². The Balaban J connectivity index is 1.62. The summed E-state index contributed by atoms with van der Waals surface area (Å²) in [6.45, 7) is 2.97. The van der Waals surface area contributed by atoms with E-state index in [1.807, 2.05) is 19.1 Å². The number of benzene rings is 2. The summed E-state index contributed by atoms with van der Waals surface area (Å²) in [5, 5.41) is 6.54. The van der Waals surface area contributed by atoms with Gasteiger partial charge in [0.25, 0.3) is 0 Å². The molecule has 1 saturated carbocycles. The Bertz CT molecular complexity index is 947. The summed E-state index contributed by atoms with van der Waals surface area (Å²) < 4.78 is 36.2. The lowest BCUT2D eigenvalue weighted by Gasteiger charge is -2.20. The molecule has 2 N–H and O–H groups in total. The summed E-state index contributed by atoms with van der Waals surface area (Å²) in [7, 11) is 6.46. The Morgan fingerprint density at radius 1 is 1.03 bits per heavy atom. The summed E-state index contributed by atoms with van der Waals surface area (Å²) in [6, 6.07) is 8.54. The summed E-state index contributed by atoms with van der Waals surface area (Å²) >= 11 is 0. The van der Waals surface area contributed by atoms with E-state index >= 15 is 0 Å².